The van der Waals surface area contributed by atoms with Crippen LogP contribution in [0.5, 0.6) is 0 Å². The molecule has 0 spiro atoms. The monoisotopic (exact) mass is 230 g/mol. The molecule has 2 N–H and O–H groups in total. The summed E-state index contributed by atoms with van der Waals surface area (Å²) in [6.07, 6.45) is 0. The van der Waals surface area contributed by atoms with Crippen molar-refractivity contribution in [2.24, 2.45) is 0 Å². The Kier molecular flexibility index (Phi) is 18.6. The van der Waals surface area contributed by atoms with Crippen molar-refractivity contribution in [3.8, 4) is 0 Å². The molecule has 0 aliphatic heterocycles. The topological polar surface area (TPSA) is 77.4 Å². The molecule has 0 heterocycles. The first-order chi connectivity index (χ1) is 6.76. The first-order valence-electron chi connectivity index (χ1n) is 3.98. The Labute approximate surface area is 85.7 Å². The van der Waals surface area contributed by atoms with Gasteiger partial charge in [0.2, 0.25) is 0 Å². The molecule has 0 saturated heterocycles. The van der Waals surface area contributed by atoms with Crippen LogP contribution < -0.4 is 0 Å². The van der Waals surface area contributed by atoms with Crippen LogP contribution in [0, 0.1) is 0 Å². The second-order valence-electron chi connectivity index (χ2n) is 1.83. The van der Waals surface area contributed by atoms with Gasteiger partial charge in [-0.15, -0.1) is 0 Å². The van der Waals surface area contributed by atoms with E-state index in [1.54, 1.807) is 21.3 Å². The van der Waals surface area contributed by atoms with Gasteiger partial charge in [-0.25, -0.2) is 0 Å². The summed E-state index contributed by atoms with van der Waals surface area (Å²) in [6, 6.07) is 0. The average Bonchev–Trinajstić information content (AvgIpc) is 2.22. The van der Waals surface area contributed by atoms with Gasteiger partial charge in [-0.1, -0.05) is 0 Å². The number of ether oxygens (including phenoxy) is 1. The Morgan fingerprint density at radius 1 is 0.857 bits per heavy atom. The molecule has 0 bridgehead atoms. The third kappa shape index (κ3) is 14.7. The van der Waals surface area contributed by atoms with Gasteiger partial charge in [0.25, 0.3) is 0 Å². The van der Waals surface area contributed by atoms with Crippen LogP contribution in [0.2, 0.25) is 0 Å². The number of aliphatic hydroxyl groups is 2. The van der Waals surface area contributed by atoms with Gasteiger partial charge in [0.15, 0.2) is 0 Å². The van der Waals surface area contributed by atoms with Gasteiger partial charge in [0, 0.05) is 21.3 Å². The minimum atomic E-state index is -1.05. The molecule has 6 nitrogen and oxygen atoms in total. The maximum absolute atomic E-state index is 8.09. The first kappa shape index (κ1) is 16.6. The molecule has 0 aliphatic carbocycles. The fraction of sp³-hybridized carbons (Fsp3) is 1.00. The maximum Gasteiger partial charge on any atom is 0.331 e. The van der Waals surface area contributed by atoms with Gasteiger partial charge >= 0.3 is 8.60 Å². The summed E-state index contributed by atoms with van der Waals surface area (Å²) in [4.78, 5) is 0. The molecule has 14 heavy (non-hydrogen) atoms. The largest absolute Gasteiger partial charge is 0.394 e. The quantitative estimate of drug-likeness (QED) is 0.478. The van der Waals surface area contributed by atoms with Crippen molar-refractivity contribution < 1.29 is 28.5 Å². The second-order valence-corrected chi connectivity index (χ2v) is 3.37. The average molecular weight is 230 g/mol. The number of hydrogen-bond acceptors (Lipinski definition) is 6. The van der Waals surface area contributed by atoms with Crippen molar-refractivity contribution in [3.63, 3.8) is 0 Å². The van der Waals surface area contributed by atoms with Gasteiger partial charge in [-0.3, -0.25) is 0 Å². The minimum Gasteiger partial charge on any atom is -0.394 e. The smallest absolute Gasteiger partial charge is 0.331 e. The third-order valence-electron chi connectivity index (χ3n) is 0.918. The van der Waals surface area contributed by atoms with Crippen molar-refractivity contribution in [2.75, 3.05) is 47.8 Å². The molecule has 0 radical (unpaired) electrons. The molecule has 0 aliphatic rings. The lowest BCUT2D eigenvalue weighted by Crippen LogP contribution is -2.03. The fourth-order valence-electron chi connectivity index (χ4n) is 0.455. The molecular formula is C7H19O6P. The van der Waals surface area contributed by atoms with Crippen LogP contribution in [0.4, 0.5) is 0 Å². The first-order valence-corrected chi connectivity index (χ1v) is 5.08. The molecule has 0 rings (SSSR count). The highest BCUT2D eigenvalue weighted by Crippen LogP contribution is 2.35. The predicted octanol–water partition coefficient (Wildman–Crippen LogP) is 0.140. The molecule has 0 unspecified atom stereocenters. The van der Waals surface area contributed by atoms with E-state index in [2.05, 4.69) is 18.3 Å². The van der Waals surface area contributed by atoms with E-state index in [1.807, 2.05) is 0 Å². The zero-order valence-electron chi connectivity index (χ0n) is 8.80. The summed E-state index contributed by atoms with van der Waals surface area (Å²) in [5, 5.41) is 16.2. The van der Waals surface area contributed by atoms with Crippen LogP contribution >= 0.6 is 8.60 Å². The summed E-state index contributed by atoms with van der Waals surface area (Å²) >= 11 is 0. The number of hydrogen-bond donors (Lipinski definition) is 2. The van der Waals surface area contributed by atoms with Crippen molar-refractivity contribution in [3.05, 3.63) is 0 Å². The van der Waals surface area contributed by atoms with Crippen LogP contribution in [0.1, 0.15) is 0 Å². The predicted molar refractivity (Wildman–Crippen MR) is 52.9 cm³/mol. The fourth-order valence-corrected chi connectivity index (χ4v) is 0.902. The Balaban J connectivity index is 0. The van der Waals surface area contributed by atoms with Gasteiger partial charge in [0.1, 0.15) is 0 Å². The SMILES string of the molecule is COP(OC)OC.OCCOCCO. The van der Waals surface area contributed by atoms with Crippen molar-refractivity contribution in [1.82, 2.24) is 0 Å². The van der Waals surface area contributed by atoms with Crippen molar-refractivity contribution >= 4 is 8.60 Å². The summed E-state index contributed by atoms with van der Waals surface area (Å²) in [5.74, 6) is 0. The molecule has 0 amide bonds. The van der Waals surface area contributed by atoms with Crippen molar-refractivity contribution in [1.29, 1.82) is 0 Å². The molecule has 0 saturated carbocycles. The van der Waals surface area contributed by atoms with Crippen molar-refractivity contribution in [2.45, 2.75) is 0 Å². The van der Waals surface area contributed by atoms with E-state index >= 15 is 0 Å². The minimum absolute atomic E-state index is 0.0278. The van der Waals surface area contributed by atoms with Crippen LogP contribution in [0.3, 0.4) is 0 Å². The van der Waals surface area contributed by atoms with E-state index in [4.69, 9.17) is 10.2 Å². The molecule has 0 fully saturated rings. The Morgan fingerprint density at radius 2 is 1.21 bits per heavy atom. The maximum atomic E-state index is 8.09. The Hall–Kier alpha value is 0.190. The molecule has 0 atom stereocenters. The highest BCUT2D eigenvalue weighted by atomic mass is 31.2. The number of rotatable bonds is 7. The molecule has 88 valence electrons. The third-order valence-corrected chi connectivity index (χ3v) is 1.81. The Morgan fingerprint density at radius 3 is 1.36 bits per heavy atom. The standard InChI is InChI=1S/C4H10O3.C3H9O3P/c5-1-3-7-4-2-6;1-4-7(5-2)6-3/h5-6H,1-4H2;1-3H3. The summed E-state index contributed by atoms with van der Waals surface area (Å²) < 4.78 is 18.6. The van der Waals surface area contributed by atoms with Gasteiger partial charge in [-0.05, 0) is 0 Å². The van der Waals surface area contributed by atoms with E-state index in [0.717, 1.165) is 0 Å². The highest BCUT2D eigenvalue weighted by Gasteiger charge is 2.00. The van der Waals surface area contributed by atoms with Gasteiger partial charge in [0.05, 0.1) is 26.4 Å². The molecule has 0 aromatic carbocycles. The lowest BCUT2D eigenvalue weighted by atomic mass is 10.7. The number of aliphatic hydroxyl groups excluding tert-OH is 2. The van der Waals surface area contributed by atoms with Gasteiger partial charge < -0.3 is 28.5 Å². The van der Waals surface area contributed by atoms with Crippen LogP contribution in [-0.4, -0.2) is 58.0 Å². The van der Waals surface area contributed by atoms with E-state index in [1.165, 1.54) is 0 Å². The van der Waals surface area contributed by atoms with Crippen LogP contribution in [-0.2, 0) is 18.3 Å². The van der Waals surface area contributed by atoms with Gasteiger partial charge in [-0.2, -0.15) is 0 Å². The lowest BCUT2D eigenvalue weighted by Gasteiger charge is -2.05. The zero-order valence-corrected chi connectivity index (χ0v) is 9.70. The normalized spacial score (nSPS) is 9.86. The van der Waals surface area contributed by atoms with E-state index in [9.17, 15) is 0 Å². The molecular weight excluding hydrogens is 211 g/mol. The molecule has 0 aromatic heterocycles. The van der Waals surface area contributed by atoms with E-state index in [-0.39, 0.29) is 13.2 Å². The zero-order chi connectivity index (χ0) is 11.2. The summed E-state index contributed by atoms with van der Waals surface area (Å²) in [7, 11) is 3.57. The lowest BCUT2D eigenvalue weighted by molar-refractivity contribution is 0.0650. The second kappa shape index (κ2) is 15.7. The van der Waals surface area contributed by atoms with E-state index in [0.29, 0.717) is 13.2 Å². The van der Waals surface area contributed by atoms with E-state index < -0.39 is 8.60 Å². The summed E-state index contributed by atoms with van der Waals surface area (Å²) in [6.45, 7) is 0.696. The summed E-state index contributed by atoms with van der Waals surface area (Å²) in [5.41, 5.74) is 0. The highest BCUT2D eigenvalue weighted by molar-refractivity contribution is 7.41. The Bertz CT molecular complexity index is 80.7. The van der Waals surface area contributed by atoms with Crippen LogP contribution in [0.15, 0.2) is 0 Å². The van der Waals surface area contributed by atoms with Crippen LogP contribution in [0.25, 0.3) is 0 Å². The molecule has 0 aromatic rings. The molecule has 7 heteroatoms.